The number of benzene rings is 1. The monoisotopic (exact) mass is 283 g/mol. The number of carboxylic acids is 1. The maximum Gasteiger partial charge on any atom is 0.340 e. The lowest BCUT2D eigenvalue weighted by molar-refractivity contribution is 0.0698. The Morgan fingerprint density at radius 1 is 1.55 bits per heavy atom. The van der Waals surface area contributed by atoms with Crippen molar-refractivity contribution in [1.29, 1.82) is 0 Å². The van der Waals surface area contributed by atoms with Crippen molar-refractivity contribution in [3.8, 4) is 0 Å². The molecule has 1 aromatic carbocycles. The first-order valence-electron chi connectivity index (χ1n) is 6.63. The lowest BCUT2D eigenvalue weighted by Crippen LogP contribution is -2.32. The Hall–Kier alpha value is -1.82. The molecule has 5 nitrogen and oxygen atoms in total. The van der Waals surface area contributed by atoms with E-state index in [0.717, 1.165) is 13.0 Å². The number of likely N-dealkylation sites (N-methyl/N-ethyl adjacent to an activating group) is 1. The third kappa shape index (κ3) is 3.84. The van der Waals surface area contributed by atoms with Crippen LogP contribution in [0, 0.1) is 5.82 Å². The van der Waals surface area contributed by atoms with E-state index >= 15 is 0 Å². The summed E-state index contributed by atoms with van der Waals surface area (Å²) in [5.41, 5.74) is 5.27. The van der Waals surface area contributed by atoms with Crippen molar-refractivity contribution in [3.63, 3.8) is 0 Å². The molecule has 0 heterocycles. The van der Waals surface area contributed by atoms with Gasteiger partial charge in [0.15, 0.2) is 0 Å². The Labute approximate surface area is 118 Å². The Morgan fingerprint density at radius 2 is 2.20 bits per heavy atom. The van der Waals surface area contributed by atoms with E-state index in [1.54, 1.807) is 0 Å². The zero-order valence-electron chi connectivity index (χ0n) is 12.1. The molecule has 0 aliphatic heterocycles. The van der Waals surface area contributed by atoms with Crippen molar-refractivity contribution >= 4 is 17.3 Å². The van der Waals surface area contributed by atoms with Gasteiger partial charge >= 0.3 is 5.97 Å². The zero-order valence-corrected chi connectivity index (χ0v) is 12.1. The molecule has 0 aliphatic rings. The highest BCUT2D eigenvalue weighted by atomic mass is 19.1. The van der Waals surface area contributed by atoms with Gasteiger partial charge in [-0.2, -0.15) is 0 Å². The smallest absolute Gasteiger partial charge is 0.340 e. The summed E-state index contributed by atoms with van der Waals surface area (Å²) >= 11 is 0. The fourth-order valence-electron chi connectivity index (χ4n) is 1.87. The Balaban J connectivity index is 2.74. The molecule has 0 saturated carbocycles. The molecular formula is C14H22FN3O2. The number of aromatic carboxylic acids is 1. The van der Waals surface area contributed by atoms with Crippen LogP contribution < -0.4 is 11.1 Å². The van der Waals surface area contributed by atoms with Crippen LogP contribution in [0.25, 0.3) is 0 Å². The summed E-state index contributed by atoms with van der Waals surface area (Å²) in [5, 5.41) is 12.1. The zero-order chi connectivity index (χ0) is 15.3. The molecule has 0 saturated heterocycles. The molecule has 112 valence electrons. The minimum atomic E-state index is -1.24. The van der Waals surface area contributed by atoms with Crippen molar-refractivity contribution in [2.24, 2.45) is 0 Å². The first kappa shape index (κ1) is 16.2. The molecule has 1 rings (SSSR count). The van der Waals surface area contributed by atoms with E-state index in [2.05, 4.69) is 24.1 Å². The fourth-order valence-corrected chi connectivity index (χ4v) is 1.87. The molecule has 0 bridgehead atoms. The Bertz CT molecular complexity index is 480. The highest BCUT2D eigenvalue weighted by Crippen LogP contribution is 2.24. The summed E-state index contributed by atoms with van der Waals surface area (Å²) in [6.45, 7) is 5.55. The molecule has 0 amide bonds. The normalized spacial score (nSPS) is 12.4. The van der Waals surface area contributed by atoms with E-state index in [1.165, 1.54) is 12.1 Å². The fraction of sp³-hybridized carbons (Fsp3) is 0.500. The number of nitrogens with zero attached hydrogens (tertiary/aromatic N) is 1. The quantitative estimate of drug-likeness (QED) is 0.669. The van der Waals surface area contributed by atoms with Crippen molar-refractivity contribution in [1.82, 2.24) is 4.90 Å². The van der Waals surface area contributed by atoms with E-state index in [0.29, 0.717) is 18.3 Å². The largest absolute Gasteiger partial charge is 0.478 e. The first-order chi connectivity index (χ1) is 9.38. The van der Waals surface area contributed by atoms with Gasteiger partial charge < -0.3 is 21.1 Å². The van der Waals surface area contributed by atoms with Crippen LogP contribution in [-0.2, 0) is 0 Å². The van der Waals surface area contributed by atoms with E-state index < -0.39 is 11.8 Å². The van der Waals surface area contributed by atoms with Crippen LogP contribution in [0.1, 0.15) is 30.6 Å². The molecule has 6 heteroatoms. The van der Waals surface area contributed by atoms with Crippen LogP contribution in [-0.4, -0.2) is 42.2 Å². The maximum absolute atomic E-state index is 13.3. The Morgan fingerprint density at radius 3 is 2.75 bits per heavy atom. The SMILES string of the molecule is CCC(C)N(C)CCNc1ccc(F)c(N)c1C(=O)O. The molecule has 0 aromatic heterocycles. The molecule has 0 radical (unpaired) electrons. The molecule has 1 atom stereocenters. The number of hydrogen-bond acceptors (Lipinski definition) is 4. The number of nitrogens with two attached hydrogens (primary N) is 1. The average molecular weight is 283 g/mol. The molecule has 1 aromatic rings. The van der Waals surface area contributed by atoms with Crippen molar-refractivity contribution in [3.05, 3.63) is 23.5 Å². The molecule has 20 heavy (non-hydrogen) atoms. The van der Waals surface area contributed by atoms with Crippen molar-refractivity contribution < 1.29 is 14.3 Å². The highest BCUT2D eigenvalue weighted by molar-refractivity contribution is 6.00. The van der Waals surface area contributed by atoms with Gasteiger partial charge in [-0.1, -0.05) is 6.92 Å². The number of nitrogen functional groups attached to an aromatic ring is 1. The van der Waals surface area contributed by atoms with E-state index in [4.69, 9.17) is 10.8 Å². The highest BCUT2D eigenvalue weighted by Gasteiger charge is 2.17. The van der Waals surface area contributed by atoms with Gasteiger partial charge in [0.25, 0.3) is 0 Å². The van der Waals surface area contributed by atoms with E-state index in [9.17, 15) is 9.18 Å². The topological polar surface area (TPSA) is 78.6 Å². The second-order valence-corrected chi connectivity index (χ2v) is 4.85. The number of carbonyl (C=O) groups is 1. The van der Waals surface area contributed by atoms with E-state index in [-0.39, 0.29) is 11.3 Å². The van der Waals surface area contributed by atoms with Crippen LogP contribution >= 0.6 is 0 Å². The predicted molar refractivity (Wildman–Crippen MR) is 78.6 cm³/mol. The molecule has 1 unspecified atom stereocenters. The van der Waals surface area contributed by atoms with Crippen LogP contribution in [0.3, 0.4) is 0 Å². The lowest BCUT2D eigenvalue weighted by atomic mass is 10.1. The van der Waals surface area contributed by atoms with Gasteiger partial charge in [-0.3, -0.25) is 0 Å². The molecule has 4 N–H and O–H groups in total. The van der Waals surface area contributed by atoms with Gasteiger partial charge in [0.2, 0.25) is 0 Å². The van der Waals surface area contributed by atoms with Crippen LogP contribution in [0.5, 0.6) is 0 Å². The lowest BCUT2D eigenvalue weighted by Gasteiger charge is -2.24. The average Bonchev–Trinajstić information content (AvgIpc) is 2.41. The summed E-state index contributed by atoms with van der Waals surface area (Å²) < 4.78 is 13.3. The third-order valence-corrected chi connectivity index (χ3v) is 3.53. The minimum Gasteiger partial charge on any atom is -0.478 e. The third-order valence-electron chi connectivity index (χ3n) is 3.53. The summed E-state index contributed by atoms with van der Waals surface area (Å²) in [7, 11) is 2.01. The van der Waals surface area contributed by atoms with Gasteiger partial charge in [-0.25, -0.2) is 9.18 Å². The predicted octanol–water partition coefficient (Wildman–Crippen LogP) is 2.25. The summed E-state index contributed by atoms with van der Waals surface area (Å²) in [5.74, 6) is -1.95. The molecular weight excluding hydrogens is 261 g/mol. The summed E-state index contributed by atoms with van der Waals surface area (Å²) in [6, 6.07) is 3.02. The van der Waals surface area contributed by atoms with Gasteiger partial charge in [0.05, 0.1) is 11.4 Å². The Kier molecular flexibility index (Phi) is 5.76. The van der Waals surface area contributed by atoms with Crippen molar-refractivity contribution in [2.75, 3.05) is 31.2 Å². The minimum absolute atomic E-state index is 0.212. The van der Waals surface area contributed by atoms with Gasteiger partial charge in [0.1, 0.15) is 11.4 Å². The second-order valence-electron chi connectivity index (χ2n) is 4.85. The first-order valence-corrected chi connectivity index (χ1v) is 6.63. The number of nitrogens with one attached hydrogen (secondary N) is 1. The van der Waals surface area contributed by atoms with Crippen molar-refractivity contribution in [2.45, 2.75) is 26.3 Å². The number of hydrogen-bond donors (Lipinski definition) is 3. The number of halogens is 1. The number of anilines is 2. The molecule has 0 aliphatic carbocycles. The maximum atomic E-state index is 13.3. The van der Waals surface area contributed by atoms with Gasteiger partial charge in [-0.05, 0) is 32.5 Å². The standard InChI is InChI=1S/C14H22FN3O2/c1-4-9(2)18(3)8-7-17-11-6-5-10(15)13(16)12(11)14(19)20/h5-6,9,17H,4,7-8,16H2,1-3H3,(H,19,20). The second kappa shape index (κ2) is 7.09. The van der Waals surface area contributed by atoms with Crippen LogP contribution in [0.2, 0.25) is 0 Å². The summed E-state index contributed by atoms with van der Waals surface area (Å²) in [6.07, 6.45) is 1.04. The number of carboxylic acid groups (broad SMARTS) is 1. The van der Waals surface area contributed by atoms with Crippen LogP contribution in [0.4, 0.5) is 15.8 Å². The molecule has 0 fully saturated rings. The van der Waals surface area contributed by atoms with E-state index in [1.807, 2.05) is 7.05 Å². The number of rotatable bonds is 7. The molecule has 0 spiro atoms. The van der Waals surface area contributed by atoms with Gasteiger partial charge in [0, 0.05) is 19.1 Å². The van der Waals surface area contributed by atoms with Crippen LogP contribution in [0.15, 0.2) is 12.1 Å². The van der Waals surface area contributed by atoms with Gasteiger partial charge in [-0.15, -0.1) is 0 Å². The summed E-state index contributed by atoms with van der Waals surface area (Å²) in [4.78, 5) is 13.3.